The molecule has 178 valence electrons. The van der Waals surface area contributed by atoms with Crippen LogP contribution in [0.4, 0.5) is 0 Å². The summed E-state index contributed by atoms with van der Waals surface area (Å²) in [5.74, 6) is -4.41. The van der Waals surface area contributed by atoms with Gasteiger partial charge in [0, 0.05) is 12.2 Å². The maximum atomic E-state index is 12.8. The van der Waals surface area contributed by atoms with Gasteiger partial charge in [-0.05, 0) is 25.7 Å². The number of hydrogen-bond acceptors (Lipinski definition) is 8. The molecule has 0 bridgehead atoms. The molecular weight excluding hydrogens is 430 g/mol. The summed E-state index contributed by atoms with van der Waals surface area (Å²) in [6, 6.07) is -4.93. The molecule has 0 aromatic carbocycles. The van der Waals surface area contributed by atoms with Gasteiger partial charge in [-0.25, -0.2) is 4.79 Å². The Kier molecular flexibility index (Phi) is 12.8. The average Bonchev–Trinajstić information content (AvgIpc) is 2.66. The van der Waals surface area contributed by atoms with Gasteiger partial charge in [0.05, 0.1) is 12.1 Å². The first kappa shape index (κ1) is 28.6. The number of carboxylic acid groups (broad SMARTS) is 1. The van der Waals surface area contributed by atoms with Crippen LogP contribution in [0.3, 0.4) is 0 Å². The average molecular weight is 464 g/mol. The van der Waals surface area contributed by atoms with Crippen molar-refractivity contribution in [2.75, 3.05) is 5.75 Å². The molecule has 0 aromatic rings. The molecular formula is C18H33N5O7S. The predicted octanol–water partition coefficient (Wildman–Crippen LogP) is -2.53. The van der Waals surface area contributed by atoms with E-state index in [1.165, 1.54) is 6.92 Å². The smallest absolute Gasteiger partial charge is 0.328 e. The fourth-order valence-corrected chi connectivity index (χ4v) is 2.70. The first-order valence-electron chi connectivity index (χ1n) is 9.76. The molecule has 0 fully saturated rings. The highest BCUT2D eigenvalue weighted by Crippen LogP contribution is 2.08. The number of primary amides is 1. The van der Waals surface area contributed by atoms with Gasteiger partial charge in [0.1, 0.15) is 12.1 Å². The minimum atomic E-state index is -1.62. The van der Waals surface area contributed by atoms with E-state index in [9.17, 15) is 29.1 Å². The van der Waals surface area contributed by atoms with Crippen LogP contribution in [0.15, 0.2) is 0 Å². The zero-order chi connectivity index (χ0) is 24.3. The number of carbonyl (C=O) groups is 5. The Hall–Kier alpha value is -2.38. The second-order valence-corrected chi connectivity index (χ2v) is 7.98. The molecule has 12 nitrogen and oxygen atoms in total. The van der Waals surface area contributed by atoms with Crippen LogP contribution < -0.4 is 27.4 Å². The van der Waals surface area contributed by atoms with E-state index < -0.39 is 59.9 Å². The summed E-state index contributed by atoms with van der Waals surface area (Å²) in [5.41, 5.74) is 10.7. The van der Waals surface area contributed by atoms with Crippen LogP contribution in [0.25, 0.3) is 0 Å². The van der Waals surface area contributed by atoms with E-state index in [1.807, 2.05) is 13.8 Å². The van der Waals surface area contributed by atoms with Gasteiger partial charge in [-0.2, -0.15) is 12.6 Å². The summed E-state index contributed by atoms with van der Waals surface area (Å²) in [6.45, 7) is 4.82. The third-order valence-electron chi connectivity index (χ3n) is 4.23. The number of nitrogens with one attached hydrogen (secondary N) is 3. The highest BCUT2D eigenvalue weighted by molar-refractivity contribution is 7.80. The summed E-state index contributed by atoms with van der Waals surface area (Å²) in [7, 11) is 0. The number of aliphatic carboxylic acids is 1. The summed E-state index contributed by atoms with van der Waals surface area (Å²) in [5, 5.41) is 25.7. The standard InChI is InChI=1S/C18H33N5O7S/c1-8(2)6-12(22-15(26)10(19)7-31)17(28)21-11(4-5-13(20)25)16(27)23-14(9(3)24)18(29)30/h8-12,14,24,31H,4-7,19H2,1-3H3,(H2,20,25)(H,21,28)(H,22,26)(H,23,27)(H,29,30). The lowest BCUT2D eigenvalue weighted by atomic mass is 10.0. The van der Waals surface area contributed by atoms with Crippen LogP contribution in [-0.2, 0) is 24.0 Å². The maximum absolute atomic E-state index is 12.8. The molecule has 0 aliphatic heterocycles. The Morgan fingerprint density at radius 1 is 0.935 bits per heavy atom. The zero-order valence-corrected chi connectivity index (χ0v) is 18.7. The Balaban J connectivity index is 5.52. The van der Waals surface area contributed by atoms with Crippen molar-refractivity contribution in [3.63, 3.8) is 0 Å². The van der Waals surface area contributed by atoms with Gasteiger partial charge in [-0.3, -0.25) is 19.2 Å². The van der Waals surface area contributed by atoms with Crippen molar-refractivity contribution in [2.24, 2.45) is 17.4 Å². The minimum absolute atomic E-state index is 0.00667. The third kappa shape index (κ3) is 11.0. The van der Waals surface area contributed by atoms with Gasteiger partial charge < -0.3 is 37.6 Å². The molecule has 0 rings (SSSR count). The van der Waals surface area contributed by atoms with E-state index in [2.05, 4.69) is 28.6 Å². The fourth-order valence-electron chi connectivity index (χ4n) is 2.53. The van der Waals surface area contributed by atoms with Crippen LogP contribution in [0.1, 0.15) is 40.0 Å². The first-order valence-corrected chi connectivity index (χ1v) is 10.4. The van der Waals surface area contributed by atoms with E-state index >= 15 is 0 Å². The van der Waals surface area contributed by atoms with Gasteiger partial charge in [-0.1, -0.05) is 13.8 Å². The first-order chi connectivity index (χ1) is 14.3. The summed E-state index contributed by atoms with van der Waals surface area (Å²) >= 11 is 3.94. The molecule has 0 aliphatic rings. The molecule has 4 amide bonds. The molecule has 9 N–H and O–H groups in total. The highest BCUT2D eigenvalue weighted by Gasteiger charge is 2.32. The summed E-state index contributed by atoms with van der Waals surface area (Å²) in [6.07, 6.45) is -1.66. The van der Waals surface area contributed by atoms with Gasteiger partial charge in [0.25, 0.3) is 0 Å². The molecule has 31 heavy (non-hydrogen) atoms. The van der Waals surface area contributed by atoms with Crippen LogP contribution in [0, 0.1) is 5.92 Å². The normalized spacial score (nSPS) is 15.8. The van der Waals surface area contributed by atoms with Crippen molar-refractivity contribution in [3.05, 3.63) is 0 Å². The van der Waals surface area contributed by atoms with Crippen LogP contribution >= 0.6 is 12.6 Å². The monoisotopic (exact) mass is 463 g/mol. The van der Waals surface area contributed by atoms with Crippen molar-refractivity contribution < 1.29 is 34.2 Å². The van der Waals surface area contributed by atoms with Crippen LogP contribution in [-0.4, -0.2) is 75.8 Å². The van der Waals surface area contributed by atoms with E-state index in [4.69, 9.17) is 16.6 Å². The van der Waals surface area contributed by atoms with Gasteiger partial charge in [-0.15, -0.1) is 0 Å². The molecule has 0 aromatic heterocycles. The molecule has 0 radical (unpaired) electrons. The molecule has 5 atom stereocenters. The Morgan fingerprint density at radius 3 is 1.87 bits per heavy atom. The van der Waals surface area contributed by atoms with Crippen molar-refractivity contribution in [2.45, 2.75) is 70.3 Å². The molecule has 0 saturated heterocycles. The lowest BCUT2D eigenvalue weighted by Crippen LogP contribution is -2.58. The largest absolute Gasteiger partial charge is 0.480 e. The quantitative estimate of drug-likeness (QED) is 0.128. The van der Waals surface area contributed by atoms with Gasteiger partial charge >= 0.3 is 5.97 Å². The number of amides is 4. The number of carboxylic acids is 1. The van der Waals surface area contributed by atoms with Gasteiger partial charge in [0.15, 0.2) is 6.04 Å². The number of carbonyl (C=O) groups excluding carboxylic acids is 4. The minimum Gasteiger partial charge on any atom is -0.480 e. The molecule has 13 heteroatoms. The van der Waals surface area contributed by atoms with E-state index in [0.29, 0.717) is 0 Å². The Labute approximate surface area is 186 Å². The number of thiol groups is 1. The highest BCUT2D eigenvalue weighted by atomic mass is 32.1. The van der Waals surface area contributed by atoms with E-state index in [-0.39, 0.29) is 30.9 Å². The van der Waals surface area contributed by atoms with Crippen LogP contribution in [0.2, 0.25) is 0 Å². The van der Waals surface area contributed by atoms with Crippen molar-refractivity contribution >= 4 is 42.2 Å². The molecule has 0 spiro atoms. The molecule has 0 saturated carbocycles. The zero-order valence-electron chi connectivity index (χ0n) is 17.8. The van der Waals surface area contributed by atoms with Crippen molar-refractivity contribution in [1.82, 2.24) is 16.0 Å². The number of nitrogens with two attached hydrogens (primary N) is 2. The Morgan fingerprint density at radius 2 is 1.45 bits per heavy atom. The third-order valence-corrected chi connectivity index (χ3v) is 4.63. The maximum Gasteiger partial charge on any atom is 0.328 e. The molecule has 0 heterocycles. The van der Waals surface area contributed by atoms with Crippen LogP contribution in [0.5, 0.6) is 0 Å². The van der Waals surface area contributed by atoms with Gasteiger partial charge in [0.2, 0.25) is 23.6 Å². The number of hydrogen-bond donors (Lipinski definition) is 8. The van der Waals surface area contributed by atoms with Crippen molar-refractivity contribution in [3.8, 4) is 0 Å². The SMILES string of the molecule is CC(C)CC(NC(=O)C(N)CS)C(=O)NC(CCC(N)=O)C(=O)NC(C(=O)O)C(C)O. The second-order valence-electron chi connectivity index (χ2n) is 7.61. The number of rotatable bonds is 14. The fraction of sp³-hybridized carbons (Fsp3) is 0.722. The summed E-state index contributed by atoms with van der Waals surface area (Å²) < 4.78 is 0. The van der Waals surface area contributed by atoms with Crippen molar-refractivity contribution in [1.29, 1.82) is 0 Å². The summed E-state index contributed by atoms with van der Waals surface area (Å²) in [4.78, 5) is 59.8. The second kappa shape index (κ2) is 13.8. The number of aliphatic hydroxyl groups excluding tert-OH is 1. The lowest BCUT2D eigenvalue weighted by molar-refractivity contribution is -0.145. The lowest BCUT2D eigenvalue weighted by Gasteiger charge is -2.26. The predicted molar refractivity (Wildman–Crippen MR) is 115 cm³/mol. The molecule has 0 aliphatic carbocycles. The molecule has 5 unspecified atom stereocenters. The van der Waals surface area contributed by atoms with E-state index in [0.717, 1.165) is 0 Å². The Bertz CT molecular complexity index is 659. The van der Waals surface area contributed by atoms with E-state index in [1.54, 1.807) is 0 Å². The number of aliphatic hydroxyl groups is 1. The topological polar surface area (TPSA) is 214 Å².